The largest absolute Gasteiger partial charge is 0.369 e. The first-order valence-corrected chi connectivity index (χ1v) is 9.85. The highest BCUT2D eigenvalue weighted by molar-refractivity contribution is 9.10. The Morgan fingerprint density at radius 1 is 1.26 bits per heavy atom. The van der Waals surface area contributed by atoms with Gasteiger partial charge in [0.2, 0.25) is 5.92 Å². The number of aromatic nitrogens is 1. The highest BCUT2D eigenvalue weighted by Crippen LogP contribution is 2.35. The Bertz CT molecular complexity index is 816. The fourth-order valence-electron chi connectivity index (χ4n) is 3.40. The first kappa shape index (κ1) is 20.0. The van der Waals surface area contributed by atoms with Crippen molar-refractivity contribution in [1.29, 1.82) is 0 Å². The molecule has 1 atom stereocenters. The molecule has 0 bridgehead atoms. The first-order valence-electron chi connectivity index (χ1n) is 9.06. The highest BCUT2D eigenvalue weighted by atomic mass is 79.9. The molecule has 7 heteroatoms. The number of anilines is 2. The summed E-state index contributed by atoms with van der Waals surface area (Å²) in [6.45, 7) is 4.57. The van der Waals surface area contributed by atoms with Crippen molar-refractivity contribution >= 4 is 27.4 Å². The van der Waals surface area contributed by atoms with Crippen LogP contribution in [0.5, 0.6) is 0 Å². The Kier molecular flexibility index (Phi) is 6.01. The van der Waals surface area contributed by atoms with Crippen molar-refractivity contribution in [2.45, 2.75) is 45.3 Å². The van der Waals surface area contributed by atoms with Crippen molar-refractivity contribution < 1.29 is 13.9 Å². The van der Waals surface area contributed by atoms with Gasteiger partial charge in [-0.1, -0.05) is 12.1 Å². The van der Waals surface area contributed by atoms with Crippen molar-refractivity contribution in [2.75, 3.05) is 23.3 Å². The lowest BCUT2D eigenvalue weighted by molar-refractivity contribution is -0.0102. The number of rotatable bonds is 4. The number of benzene rings is 1. The number of hydrogen-bond donors (Lipinski definition) is 2. The van der Waals surface area contributed by atoms with Gasteiger partial charge >= 0.3 is 0 Å². The maximum atomic E-state index is 13.8. The first-order chi connectivity index (χ1) is 12.8. The van der Waals surface area contributed by atoms with E-state index < -0.39 is 12.2 Å². The Labute approximate surface area is 166 Å². The van der Waals surface area contributed by atoms with Gasteiger partial charge in [0.1, 0.15) is 5.82 Å². The number of aliphatic hydroxyl groups is 1. The molecule has 3 rings (SSSR count). The third kappa shape index (κ3) is 4.76. The van der Waals surface area contributed by atoms with Gasteiger partial charge in [0.15, 0.2) is 6.23 Å². The summed E-state index contributed by atoms with van der Waals surface area (Å²) in [7, 11) is 0. The number of nitrogens with one attached hydrogen (secondary N) is 1. The van der Waals surface area contributed by atoms with E-state index in [1.54, 1.807) is 6.20 Å². The molecule has 2 aromatic rings. The molecule has 1 unspecified atom stereocenters. The molecule has 27 heavy (non-hydrogen) atoms. The SMILES string of the molecule is Cc1cccc(NC(O)c2c(N3CCCC(F)(F)CC3)ncc(Br)c2C)c1. The van der Waals surface area contributed by atoms with E-state index in [1.165, 1.54) is 0 Å². The van der Waals surface area contributed by atoms with Crippen LogP contribution in [0, 0.1) is 13.8 Å². The van der Waals surface area contributed by atoms with E-state index in [4.69, 9.17) is 0 Å². The number of nitrogens with zero attached hydrogens (tertiary/aromatic N) is 2. The number of aliphatic hydroxyl groups excluding tert-OH is 1. The van der Waals surface area contributed by atoms with E-state index in [2.05, 4.69) is 26.2 Å². The average Bonchev–Trinajstić information content (AvgIpc) is 2.77. The number of alkyl halides is 2. The molecule has 1 saturated heterocycles. The molecule has 0 amide bonds. The molecule has 1 aliphatic heterocycles. The number of halogens is 3. The normalized spacial score (nSPS) is 18.1. The van der Waals surface area contributed by atoms with Crippen LogP contribution < -0.4 is 10.2 Å². The second-order valence-electron chi connectivity index (χ2n) is 7.08. The number of aryl methyl sites for hydroxylation is 1. The molecular weight excluding hydrogens is 416 g/mol. The summed E-state index contributed by atoms with van der Waals surface area (Å²) < 4.78 is 28.3. The van der Waals surface area contributed by atoms with Gasteiger partial charge in [-0.25, -0.2) is 13.8 Å². The quantitative estimate of drug-likeness (QED) is 0.643. The molecule has 1 fully saturated rings. The van der Waals surface area contributed by atoms with Crippen LogP contribution in [0.15, 0.2) is 34.9 Å². The Morgan fingerprint density at radius 2 is 2.04 bits per heavy atom. The smallest absolute Gasteiger partial charge is 0.249 e. The van der Waals surface area contributed by atoms with Gasteiger partial charge in [0.05, 0.1) is 0 Å². The average molecular weight is 440 g/mol. The fraction of sp³-hybridized carbons (Fsp3) is 0.450. The maximum Gasteiger partial charge on any atom is 0.249 e. The minimum Gasteiger partial charge on any atom is -0.369 e. The Balaban J connectivity index is 1.92. The van der Waals surface area contributed by atoms with Crippen molar-refractivity contribution in [2.24, 2.45) is 0 Å². The topological polar surface area (TPSA) is 48.4 Å². The molecule has 0 saturated carbocycles. The molecular formula is C20H24BrF2N3O. The number of pyridine rings is 1. The van der Waals surface area contributed by atoms with Gasteiger partial charge in [-0.2, -0.15) is 0 Å². The van der Waals surface area contributed by atoms with Crippen molar-refractivity contribution in [3.63, 3.8) is 0 Å². The van der Waals surface area contributed by atoms with Crippen molar-refractivity contribution in [3.8, 4) is 0 Å². The van der Waals surface area contributed by atoms with Crippen LogP contribution in [0.1, 0.15) is 42.2 Å². The van der Waals surface area contributed by atoms with E-state index in [9.17, 15) is 13.9 Å². The lowest BCUT2D eigenvalue weighted by atomic mass is 10.1. The molecule has 1 aliphatic rings. The summed E-state index contributed by atoms with van der Waals surface area (Å²) in [5.41, 5.74) is 3.31. The van der Waals surface area contributed by atoms with E-state index in [0.29, 0.717) is 24.3 Å². The van der Waals surface area contributed by atoms with Gasteiger partial charge in [-0.05, 0) is 59.5 Å². The van der Waals surface area contributed by atoms with Gasteiger partial charge in [0, 0.05) is 47.9 Å². The van der Waals surface area contributed by atoms with E-state index >= 15 is 0 Å². The maximum absolute atomic E-state index is 13.8. The van der Waals surface area contributed by atoms with Gasteiger partial charge in [0.25, 0.3) is 0 Å². The lowest BCUT2D eigenvalue weighted by Crippen LogP contribution is -2.29. The van der Waals surface area contributed by atoms with E-state index in [-0.39, 0.29) is 19.4 Å². The molecule has 0 aliphatic carbocycles. The zero-order valence-electron chi connectivity index (χ0n) is 15.5. The highest BCUT2D eigenvalue weighted by Gasteiger charge is 2.33. The third-order valence-corrected chi connectivity index (χ3v) is 5.72. The van der Waals surface area contributed by atoms with Crippen LogP contribution in [0.2, 0.25) is 0 Å². The fourth-order valence-corrected chi connectivity index (χ4v) is 3.72. The molecule has 0 radical (unpaired) electrons. The van der Waals surface area contributed by atoms with Crippen LogP contribution in [0.3, 0.4) is 0 Å². The molecule has 0 spiro atoms. The summed E-state index contributed by atoms with van der Waals surface area (Å²) in [5.74, 6) is -2.08. The van der Waals surface area contributed by atoms with Gasteiger partial charge in [-0.15, -0.1) is 0 Å². The molecule has 1 aromatic carbocycles. The summed E-state index contributed by atoms with van der Waals surface area (Å²) >= 11 is 3.46. The Morgan fingerprint density at radius 3 is 2.78 bits per heavy atom. The third-order valence-electron chi connectivity index (χ3n) is 4.92. The van der Waals surface area contributed by atoms with Crippen molar-refractivity contribution in [3.05, 3.63) is 51.6 Å². The molecule has 146 valence electrons. The lowest BCUT2D eigenvalue weighted by Gasteiger charge is -2.28. The minimum absolute atomic E-state index is 0.113. The number of hydrogen-bond acceptors (Lipinski definition) is 4. The van der Waals surface area contributed by atoms with Crippen LogP contribution >= 0.6 is 15.9 Å². The van der Waals surface area contributed by atoms with Crippen LogP contribution in [-0.2, 0) is 0 Å². The second kappa shape index (κ2) is 8.10. The molecule has 2 heterocycles. The van der Waals surface area contributed by atoms with Gasteiger partial charge in [-0.3, -0.25) is 0 Å². The van der Waals surface area contributed by atoms with Gasteiger partial charge < -0.3 is 15.3 Å². The van der Waals surface area contributed by atoms with Crippen molar-refractivity contribution in [1.82, 2.24) is 4.98 Å². The zero-order valence-corrected chi connectivity index (χ0v) is 17.1. The van der Waals surface area contributed by atoms with E-state index in [1.807, 2.05) is 43.0 Å². The zero-order chi connectivity index (χ0) is 19.6. The summed E-state index contributed by atoms with van der Waals surface area (Å²) in [4.78, 5) is 6.32. The monoisotopic (exact) mass is 439 g/mol. The van der Waals surface area contributed by atoms with Crippen LogP contribution in [-0.4, -0.2) is 29.1 Å². The minimum atomic E-state index is -2.64. The second-order valence-corrected chi connectivity index (χ2v) is 7.94. The summed E-state index contributed by atoms with van der Waals surface area (Å²) in [6, 6.07) is 7.71. The Hall–Kier alpha value is -1.73. The molecule has 2 N–H and O–H groups in total. The van der Waals surface area contributed by atoms with Crippen LogP contribution in [0.25, 0.3) is 0 Å². The predicted octanol–water partition coefficient (Wildman–Crippen LogP) is 5.19. The van der Waals surface area contributed by atoms with Crippen LogP contribution in [0.4, 0.5) is 20.3 Å². The standard InChI is InChI=1S/C20H24BrF2N3O/c1-13-5-3-6-15(11-13)25-19(27)17-14(2)16(21)12-24-18(17)26-9-4-7-20(22,23)8-10-26/h3,5-6,11-12,19,25,27H,4,7-10H2,1-2H3. The summed E-state index contributed by atoms with van der Waals surface area (Å²) in [6.07, 6.45) is 0.736. The predicted molar refractivity (Wildman–Crippen MR) is 107 cm³/mol. The molecule has 4 nitrogen and oxygen atoms in total. The van der Waals surface area contributed by atoms with E-state index in [0.717, 1.165) is 21.3 Å². The molecule has 1 aromatic heterocycles. The summed E-state index contributed by atoms with van der Waals surface area (Å²) in [5, 5.41) is 14.0.